The number of amides is 1. The number of carbonyl (C=O) groups is 1. The van der Waals surface area contributed by atoms with Crippen molar-refractivity contribution in [3.8, 4) is 17.2 Å². The number of rotatable bonds is 6. The van der Waals surface area contributed by atoms with Gasteiger partial charge in [0, 0.05) is 24.6 Å². The number of fused-ring (bicyclic) bond motifs is 1. The van der Waals surface area contributed by atoms with Crippen LogP contribution in [0.2, 0.25) is 5.02 Å². The minimum atomic E-state index is -4.03. The Labute approximate surface area is 209 Å². The summed E-state index contributed by atoms with van der Waals surface area (Å²) >= 11 is 11.0. The topological polar surface area (TPSA) is 115 Å². The Hall–Kier alpha value is -2.76. The second-order valence-electron chi connectivity index (χ2n) is 8.08. The van der Waals surface area contributed by atoms with Crippen LogP contribution in [0.5, 0.6) is 17.2 Å². The molecule has 0 bridgehead atoms. The van der Waals surface area contributed by atoms with Gasteiger partial charge in [-0.2, -0.15) is 0 Å². The standard InChI is InChI=1S/C22H26ClN3O6S2/c1-22(2)19(25-20(27)14-10-13(23)6-7-15(14)30-4)9-12-8-18(17(31-5)11-16(12)32-22)34(28,29)26-21(33)24-3/h6-8,10-11,19H,9H2,1-5H3,(H,25,27)(H2,24,26,33). The highest BCUT2D eigenvalue weighted by Gasteiger charge is 2.39. The fourth-order valence-electron chi connectivity index (χ4n) is 3.57. The van der Waals surface area contributed by atoms with Crippen LogP contribution in [0, 0.1) is 0 Å². The molecular weight excluding hydrogens is 502 g/mol. The number of hydrogen-bond donors (Lipinski definition) is 3. The van der Waals surface area contributed by atoms with E-state index in [9.17, 15) is 13.2 Å². The quantitative estimate of drug-likeness (QED) is 0.491. The van der Waals surface area contributed by atoms with Gasteiger partial charge in [0.05, 0.1) is 25.8 Å². The normalized spacial score (nSPS) is 16.5. The first-order valence-electron chi connectivity index (χ1n) is 10.2. The molecule has 1 heterocycles. The van der Waals surface area contributed by atoms with Crippen molar-refractivity contribution >= 4 is 44.9 Å². The van der Waals surface area contributed by atoms with Gasteiger partial charge in [0.2, 0.25) is 0 Å². The fourth-order valence-corrected chi connectivity index (χ4v) is 5.24. The zero-order chi connectivity index (χ0) is 25.3. The van der Waals surface area contributed by atoms with Crippen LogP contribution in [0.1, 0.15) is 29.8 Å². The van der Waals surface area contributed by atoms with Gasteiger partial charge in [0.15, 0.2) is 5.11 Å². The first kappa shape index (κ1) is 25.9. The lowest BCUT2D eigenvalue weighted by molar-refractivity contribution is 0.0435. The fraction of sp³-hybridized carbons (Fsp3) is 0.364. The second-order valence-corrected chi connectivity index (χ2v) is 10.6. The van der Waals surface area contributed by atoms with Crippen molar-refractivity contribution in [3.63, 3.8) is 0 Å². The molecular formula is C22H26ClN3O6S2. The van der Waals surface area contributed by atoms with Crippen LogP contribution in [0.3, 0.4) is 0 Å². The monoisotopic (exact) mass is 527 g/mol. The van der Waals surface area contributed by atoms with Gasteiger partial charge in [-0.25, -0.2) is 8.42 Å². The summed E-state index contributed by atoms with van der Waals surface area (Å²) in [6.07, 6.45) is 0.305. The molecule has 0 aliphatic carbocycles. The smallest absolute Gasteiger partial charge is 0.267 e. The molecule has 0 spiro atoms. The van der Waals surface area contributed by atoms with Crippen LogP contribution in [0.25, 0.3) is 0 Å². The largest absolute Gasteiger partial charge is 0.496 e. The molecule has 9 nitrogen and oxygen atoms in total. The molecule has 0 radical (unpaired) electrons. The summed E-state index contributed by atoms with van der Waals surface area (Å²) in [6.45, 7) is 3.67. The van der Waals surface area contributed by atoms with E-state index in [-0.39, 0.29) is 21.3 Å². The molecule has 0 saturated heterocycles. The van der Waals surface area contributed by atoms with Crippen molar-refractivity contribution in [1.29, 1.82) is 0 Å². The molecule has 184 valence electrons. The van der Waals surface area contributed by atoms with E-state index in [1.165, 1.54) is 39.5 Å². The van der Waals surface area contributed by atoms with Crippen molar-refractivity contribution in [1.82, 2.24) is 15.4 Å². The summed E-state index contributed by atoms with van der Waals surface area (Å²) in [5.74, 6) is 0.545. The number of methoxy groups -OCH3 is 2. The summed E-state index contributed by atoms with van der Waals surface area (Å²) in [6, 6.07) is 7.25. The Kier molecular flexibility index (Phi) is 7.49. The number of nitrogens with one attached hydrogen (secondary N) is 3. The van der Waals surface area contributed by atoms with E-state index >= 15 is 0 Å². The molecule has 3 N–H and O–H groups in total. The molecule has 1 aliphatic heterocycles. The molecule has 1 amide bonds. The highest BCUT2D eigenvalue weighted by atomic mass is 35.5. The summed E-state index contributed by atoms with van der Waals surface area (Å²) in [4.78, 5) is 13.0. The third-order valence-electron chi connectivity index (χ3n) is 5.44. The number of halogens is 1. The molecule has 2 aromatic carbocycles. The summed E-state index contributed by atoms with van der Waals surface area (Å²) in [5, 5.41) is 5.87. The average Bonchev–Trinajstić information content (AvgIpc) is 2.77. The highest BCUT2D eigenvalue weighted by molar-refractivity contribution is 7.92. The van der Waals surface area contributed by atoms with Crippen molar-refractivity contribution in [2.45, 2.75) is 36.8 Å². The maximum atomic E-state index is 13.1. The molecule has 34 heavy (non-hydrogen) atoms. The van der Waals surface area contributed by atoms with Crippen LogP contribution in [-0.4, -0.2) is 52.3 Å². The maximum Gasteiger partial charge on any atom is 0.267 e. The number of sulfonamides is 1. The lowest BCUT2D eigenvalue weighted by Crippen LogP contribution is -2.55. The highest BCUT2D eigenvalue weighted by Crippen LogP contribution is 2.39. The predicted octanol–water partition coefficient (Wildman–Crippen LogP) is 2.65. The van der Waals surface area contributed by atoms with Crippen LogP contribution >= 0.6 is 23.8 Å². The summed E-state index contributed by atoms with van der Waals surface area (Å²) in [7, 11) is 0.313. The Morgan fingerprint density at radius 3 is 2.47 bits per heavy atom. The third-order valence-corrected chi connectivity index (χ3v) is 7.48. The van der Waals surface area contributed by atoms with Gasteiger partial charge in [-0.05, 0) is 55.9 Å². The maximum absolute atomic E-state index is 13.1. The summed E-state index contributed by atoms with van der Waals surface area (Å²) < 4.78 is 44.8. The SMILES string of the molecule is CNC(=S)NS(=O)(=O)c1cc2c(cc1OC)OC(C)(C)C(NC(=O)c1cc(Cl)ccc1OC)C2. The average molecular weight is 528 g/mol. The number of carbonyl (C=O) groups excluding carboxylic acids is 1. The van der Waals surface area contributed by atoms with Crippen molar-refractivity contribution < 1.29 is 27.4 Å². The molecule has 0 fully saturated rings. The lowest BCUT2D eigenvalue weighted by atomic mass is 9.88. The van der Waals surface area contributed by atoms with Gasteiger partial charge in [0.1, 0.15) is 27.7 Å². The third kappa shape index (κ3) is 5.31. The molecule has 1 aliphatic rings. The van der Waals surface area contributed by atoms with Crippen molar-refractivity contribution in [2.75, 3.05) is 21.3 Å². The van der Waals surface area contributed by atoms with Crippen molar-refractivity contribution in [2.24, 2.45) is 0 Å². The molecule has 2 aromatic rings. The van der Waals surface area contributed by atoms with Gasteiger partial charge in [-0.1, -0.05) is 11.6 Å². The van der Waals surface area contributed by atoms with Crippen molar-refractivity contribution in [3.05, 3.63) is 46.5 Å². The first-order valence-corrected chi connectivity index (χ1v) is 12.5. The molecule has 0 aromatic heterocycles. The number of hydrogen-bond acceptors (Lipinski definition) is 7. The van der Waals surface area contributed by atoms with E-state index in [2.05, 4.69) is 15.4 Å². The number of ether oxygens (including phenoxy) is 3. The number of benzene rings is 2. The minimum absolute atomic E-state index is 0.0576. The van der Waals surface area contributed by atoms with Gasteiger partial charge >= 0.3 is 0 Å². The molecule has 1 unspecified atom stereocenters. The van der Waals surface area contributed by atoms with E-state index in [0.717, 1.165) is 0 Å². The Morgan fingerprint density at radius 2 is 1.85 bits per heavy atom. The zero-order valence-electron chi connectivity index (χ0n) is 19.3. The number of thiocarbonyl (C=S) groups is 1. The molecule has 3 rings (SSSR count). The Morgan fingerprint density at radius 1 is 1.18 bits per heavy atom. The van der Waals surface area contributed by atoms with E-state index < -0.39 is 27.6 Å². The Bertz CT molecular complexity index is 1230. The van der Waals surface area contributed by atoms with Crippen LogP contribution in [0.4, 0.5) is 0 Å². The van der Waals surface area contributed by atoms with Gasteiger partial charge in [-0.15, -0.1) is 0 Å². The molecule has 12 heteroatoms. The van der Waals surface area contributed by atoms with E-state index in [4.69, 9.17) is 38.0 Å². The molecule has 1 atom stereocenters. The van der Waals surface area contributed by atoms with Crippen LogP contribution in [-0.2, 0) is 16.4 Å². The van der Waals surface area contributed by atoms with E-state index in [0.29, 0.717) is 28.5 Å². The van der Waals surface area contributed by atoms with E-state index in [1.54, 1.807) is 12.1 Å². The second kappa shape index (κ2) is 9.85. The lowest BCUT2D eigenvalue weighted by Gasteiger charge is -2.40. The summed E-state index contributed by atoms with van der Waals surface area (Å²) in [5.41, 5.74) is 0.0462. The predicted molar refractivity (Wildman–Crippen MR) is 133 cm³/mol. The van der Waals surface area contributed by atoms with Gasteiger partial charge in [-0.3, -0.25) is 9.52 Å². The van der Waals surface area contributed by atoms with E-state index in [1.807, 2.05) is 13.8 Å². The van der Waals surface area contributed by atoms with Gasteiger partial charge < -0.3 is 24.8 Å². The molecule has 0 saturated carbocycles. The minimum Gasteiger partial charge on any atom is -0.496 e. The zero-order valence-corrected chi connectivity index (χ0v) is 21.7. The van der Waals surface area contributed by atoms with Gasteiger partial charge in [0.25, 0.3) is 15.9 Å². The Balaban J connectivity index is 1.96. The van der Waals surface area contributed by atoms with Crippen LogP contribution in [0.15, 0.2) is 35.2 Å². The van der Waals surface area contributed by atoms with Crippen LogP contribution < -0.4 is 29.6 Å². The first-order chi connectivity index (χ1) is 15.9.